The van der Waals surface area contributed by atoms with Crippen LogP contribution in [0.3, 0.4) is 0 Å². The molecular weight excluding hydrogens is 291 g/mol. The first kappa shape index (κ1) is 14.5. The van der Waals surface area contributed by atoms with Gasteiger partial charge in [-0.2, -0.15) is 13.2 Å². The summed E-state index contributed by atoms with van der Waals surface area (Å²) >= 11 is 0. The number of hydrogen-bond acceptors (Lipinski definition) is 6. The Labute approximate surface area is 115 Å². The number of aromatic nitrogens is 2. The van der Waals surface area contributed by atoms with Crippen molar-refractivity contribution in [3.63, 3.8) is 0 Å². The minimum atomic E-state index is -4.71. The lowest BCUT2D eigenvalue weighted by atomic mass is 10.2. The van der Waals surface area contributed by atoms with Gasteiger partial charge in [-0.15, -0.1) is 0 Å². The molecule has 0 bridgehead atoms. The number of halogens is 3. The predicted octanol–water partition coefficient (Wildman–Crippen LogP) is 2.73. The lowest BCUT2D eigenvalue weighted by Crippen LogP contribution is -2.08. The summed E-state index contributed by atoms with van der Waals surface area (Å²) in [6.45, 7) is 0. The number of hydrogen-bond donors (Lipinski definition) is 2. The van der Waals surface area contributed by atoms with Crippen LogP contribution in [0.25, 0.3) is 0 Å². The first-order valence-corrected chi connectivity index (χ1v) is 5.47. The van der Waals surface area contributed by atoms with Gasteiger partial charge in [-0.1, -0.05) is 0 Å². The molecule has 110 valence electrons. The van der Waals surface area contributed by atoms with Crippen molar-refractivity contribution in [2.24, 2.45) is 0 Å². The van der Waals surface area contributed by atoms with E-state index in [0.29, 0.717) is 18.0 Å². The SMILES string of the molecule is Nc1cc(Nc2ncc(C(F)(F)F)cc2[N+](=O)[O-])ccn1. The zero-order valence-corrected chi connectivity index (χ0v) is 10.3. The molecule has 0 aliphatic rings. The van der Waals surface area contributed by atoms with Gasteiger partial charge in [0.2, 0.25) is 5.82 Å². The van der Waals surface area contributed by atoms with Crippen LogP contribution in [0.2, 0.25) is 0 Å². The lowest BCUT2D eigenvalue weighted by Gasteiger charge is -2.09. The standard InChI is InChI=1S/C11H8F3N5O2/c12-11(13,14)6-3-8(19(20)21)10(17-5-6)18-7-1-2-16-9(15)4-7/h1-5H,(H3,15,16,17,18). The number of nitrogen functional groups attached to an aromatic ring is 1. The quantitative estimate of drug-likeness (QED) is 0.666. The van der Waals surface area contributed by atoms with Crippen molar-refractivity contribution in [1.82, 2.24) is 9.97 Å². The predicted molar refractivity (Wildman–Crippen MR) is 67.8 cm³/mol. The highest BCUT2D eigenvalue weighted by atomic mass is 19.4. The largest absolute Gasteiger partial charge is 0.418 e. The molecule has 0 aliphatic carbocycles. The van der Waals surface area contributed by atoms with E-state index >= 15 is 0 Å². The topological polar surface area (TPSA) is 107 Å². The molecule has 2 aromatic rings. The number of nitrogens with zero attached hydrogens (tertiary/aromatic N) is 3. The van der Waals surface area contributed by atoms with Gasteiger partial charge < -0.3 is 11.1 Å². The van der Waals surface area contributed by atoms with Gasteiger partial charge in [-0.25, -0.2) is 9.97 Å². The third kappa shape index (κ3) is 3.35. The first-order chi connectivity index (χ1) is 9.77. The second kappa shape index (κ2) is 5.23. The summed E-state index contributed by atoms with van der Waals surface area (Å²) in [6, 6.07) is 3.22. The van der Waals surface area contributed by atoms with Crippen molar-refractivity contribution in [2.45, 2.75) is 6.18 Å². The van der Waals surface area contributed by atoms with Crippen LogP contribution in [-0.2, 0) is 6.18 Å². The van der Waals surface area contributed by atoms with Gasteiger partial charge in [-0.3, -0.25) is 10.1 Å². The molecular formula is C11H8F3N5O2. The van der Waals surface area contributed by atoms with Gasteiger partial charge in [0.15, 0.2) is 0 Å². The highest BCUT2D eigenvalue weighted by Gasteiger charge is 2.33. The average molecular weight is 299 g/mol. The fraction of sp³-hybridized carbons (Fsp3) is 0.0909. The average Bonchev–Trinajstić information content (AvgIpc) is 2.37. The number of pyridine rings is 2. The summed E-state index contributed by atoms with van der Waals surface area (Å²) in [5.41, 5.74) is 3.76. The van der Waals surface area contributed by atoms with Crippen molar-refractivity contribution in [1.29, 1.82) is 0 Å². The molecule has 0 aliphatic heterocycles. The van der Waals surface area contributed by atoms with Crippen LogP contribution >= 0.6 is 0 Å². The Hall–Kier alpha value is -2.91. The van der Waals surface area contributed by atoms with Gasteiger partial charge in [-0.05, 0) is 6.07 Å². The molecule has 7 nitrogen and oxygen atoms in total. The molecule has 10 heteroatoms. The van der Waals surface area contributed by atoms with Gasteiger partial charge in [0.05, 0.1) is 10.5 Å². The van der Waals surface area contributed by atoms with Crippen molar-refractivity contribution >= 4 is 23.0 Å². The van der Waals surface area contributed by atoms with E-state index in [1.54, 1.807) is 0 Å². The first-order valence-electron chi connectivity index (χ1n) is 5.47. The molecule has 0 saturated heterocycles. The molecule has 0 amide bonds. The molecule has 2 rings (SSSR count). The normalized spacial score (nSPS) is 11.2. The van der Waals surface area contributed by atoms with E-state index in [-0.39, 0.29) is 11.6 Å². The van der Waals surface area contributed by atoms with E-state index in [9.17, 15) is 23.3 Å². The maximum atomic E-state index is 12.5. The van der Waals surface area contributed by atoms with E-state index < -0.39 is 22.4 Å². The highest BCUT2D eigenvalue weighted by molar-refractivity contribution is 5.67. The minimum absolute atomic E-state index is 0.148. The van der Waals surface area contributed by atoms with Gasteiger partial charge in [0.1, 0.15) is 5.82 Å². The van der Waals surface area contributed by atoms with E-state index in [1.807, 2.05) is 0 Å². The molecule has 0 unspecified atom stereocenters. The molecule has 0 saturated carbocycles. The zero-order valence-electron chi connectivity index (χ0n) is 10.3. The summed E-state index contributed by atoms with van der Waals surface area (Å²) in [7, 11) is 0. The molecule has 0 aromatic carbocycles. The van der Waals surface area contributed by atoms with Crippen LogP contribution in [0.5, 0.6) is 0 Å². The van der Waals surface area contributed by atoms with Crippen LogP contribution in [-0.4, -0.2) is 14.9 Å². The molecule has 0 fully saturated rings. The maximum Gasteiger partial charge on any atom is 0.418 e. The zero-order chi connectivity index (χ0) is 15.6. The van der Waals surface area contributed by atoms with Crippen LogP contribution in [0.1, 0.15) is 5.56 Å². The van der Waals surface area contributed by atoms with Crippen molar-refractivity contribution < 1.29 is 18.1 Å². The van der Waals surface area contributed by atoms with Crippen molar-refractivity contribution in [3.05, 3.63) is 46.3 Å². The monoisotopic (exact) mass is 299 g/mol. The minimum Gasteiger partial charge on any atom is -0.384 e. The number of nitro groups is 1. The molecule has 21 heavy (non-hydrogen) atoms. The number of anilines is 3. The van der Waals surface area contributed by atoms with Crippen LogP contribution in [0.4, 0.5) is 36.2 Å². The molecule has 3 N–H and O–H groups in total. The Bertz CT molecular complexity index is 690. The third-order valence-corrected chi connectivity index (χ3v) is 2.44. The molecule has 0 spiro atoms. The molecule has 2 heterocycles. The Morgan fingerprint density at radius 3 is 2.57 bits per heavy atom. The second-order valence-electron chi connectivity index (χ2n) is 3.94. The van der Waals surface area contributed by atoms with Crippen LogP contribution in [0.15, 0.2) is 30.6 Å². The molecule has 0 atom stereocenters. The third-order valence-electron chi connectivity index (χ3n) is 2.44. The summed E-state index contributed by atoms with van der Waals surface area (Å²) in [4.78, 5) is 17.1. The Balaban J connectivity index is 2.42. The lowest BCUT2D eigenvalue weighted by molar-refractivity contribution is -0.384. The van der Waals surface area contributed by atoms with E-state index in [0.717, 1.165) is 0 Å². The summed E-state index contributed by atoms with van der Waals surface area (Å²) in [6.07, 6.45) is -2.86. The Kier molecular flexibility index (Phi) is 3.61. The van der Waals surface area contributed by atoms with Gasteiger partial charge in [0, 0.05) is 30.2 Å². The van der Waals surface area contributed by atoms with E-state index in [2.05, 4.69) is 15.3 Å². The molecule has 2 aromatic heterocycles. The van der Waals surface area contributed by atoms with Crippen molar-refractivity contribution in [3.8, 4) is 0 Å². The Morgan fingerprint density at radius 2 is 2.00 bits per heavy atom. The summed E-state index contributed by atoms with van der Waals surface area (Å²) in [5.74, 6) is -0.173. The molecule has 0 radical (unpaired) electrons. The smallest absolute Gasteiger partial charge is 0.384 e. The van der Waals surface area contributed by atoms with Crippen LogP contribution < -0.4 is 11.1 Å². The summed E-state index contributed by atoms with van der Waals surface area (Å²) in [5, 5.41) is 13.4. The summed E-state index contributed by atoms with van der Waals surface area (Å²) < 4.78 is 37.6. The van der Waals surface area contributed by atoms with Crippen molar-refractivity contribution in [2.75, 3.05) is 11.1 Å². The number of nitrogens with two attached hydrogens (primary N) is 1. The van der Waals surface area contributed by atoms with E-state index in [4.69, 9.17) is 5.73 Å². The van der Waals surface area contributed by atoms with Crippen LogP contribution in [0, 0.1) is 10.1 Å². The van der Waals surface area contributed by atoms with Gasteiger partial charge >= 0.3 is 11.9 Å². The Morgan fingerprint density at radius 1 is 1.29 bits per heavy atom. The fourth-order valence-corrected chi connectivity index (χ4v) is 1.51. The second-order valence-corrected chi connectivity index (χ2v) is 3.94. The maximum absolute atomic E-state index is 12.5. The van der Waals surface area contributed by atoms with E-state index in [1.165, 1.54) is 18.3 Å². The fourth-order valence-electron chi connectivity index (χ4n) is 1.51. The number of nitrogens with one attached hydrogen (secondary N) is 1. The highest BCUT2D eigenvalue weighted by Crippen LogP contribution is 2.34. The number of rotatable bonds is 3. The van der Waals surface area contributed by atoms with Gasteiger partial charge in [0.25, 0.3) is 0 Å². The number of alkyl halides is 3.